The molecule has 1 unspecified atom stereocenters. The Morgan fingerprint density at radius 2 is 2.00 bits per heavy atom. The monoisotopic (exact) mass is 352 g/mol. The average Bonchev–Trinajstić information content (AvgIpc) is 2.61. The highest BCUT2D eigenvalue weighted by atomic mass is 32.2. The van der Waals surface area contributed by atoms with Gasteiger partial charge in [-0.3, -0.25) is 9.19 Å². The van der Waals surface area contributed by atoms with E-state index in [4.69, 9.17) is 11.1 Å². The maximum atomic E-state index is 12.4. The molecule has 0 amide bonds. The Hall–Kier alpha value is -2.73. The lowest BCUT2D eigenvalue weighted by Gasteiger charge is -2.12. The van der Waals surface area contributed by atoms with E-state index in [1.54, 1.807) is 18.3 Å². The number of hydrogen-bond donors (Lipinski definition) is 3. The summed E-state index contributed by atoms with van der Waals surface area (Å²) in [7, 11) is -1.05. The van der Waals surface area contributed by atoms with Gasteiger partial charge in [0.25, 0.3) is 0 Å². The van der Waals surface area contributed by atoms with Gasteiger partial charge in [0.05, 0.1) is 16.3 Å². The highest BCUT2D eigenvalue weighted by Crippen LogP contribution is 2.28. The van der Waals surface area contributed by atoms with Crippen molar-refractivity contribution in [2.45, 2.75) is 24.0 Å². The van der Waals surface area contributed by atoms with E-state index >= 15 is 0 Å². The number of anilines is 3. The van der Waals surface area contributed by atoms with Crippen molar-refractivity contribution < 1.29 is 4.21 Å². The zero-order chi connectivity index (χ0) is 18.0. The van der Waals surface area contributed by atoms with Crippen molar-refractivity contribution in [3.63, 3.8) is 0 Å². The second-order valence-corrected chi connectivity index (χ2v) is 8.01. The van der Waals surface area contributed by atoms with Crippen LogP contribution in [0, 0.1) is 5.41 Å². The predicted octanol–water partition coefficient (Wildman–Crippen LogP) is 4.07. The topological polar surface area (TPSA) is 91.9 Å². The first kappa shape index (κ1) is 17.1. The molecule has 1 atom stereocenters. The number of fused-ring (bicyclic) bond motifs is 1. The Morgan fingerprint density at radius 1 is 1.20 bits per heavy atom. The molecule has 0 spiro atoms. The average molecular weight is 352 g/mol. The van der Waals surface area contributed by atoms with Crippen molar-refractivity contribution in [2.24, 2.45) is 0 Å². The molecule has 0 bridgehead atoms. The molecule has 0 aliphatic carbocycles. The third kappa shape index (κ3) is 3.53. The number of aromatic nitrogens is 1. The molecule has 25 heavy (non-hydrogen) atoms. The fourth-order valence-electron chi connectivity index (χ4n) is 2.57. The highest BCUT2D eigenvalue weighted by molar-refractivity contribution is 7.85. The normalized spacial score (nSPS) is 12.3. The fraction of sp³-hybridized carbons (Fsp3) is 0.158. The van der Waals surface area contributed by atoms with Gasteiger partial charge in [-0.1, -0.05) is 13.8 Å². The third-order valence-corrected chi connectivity index (χ3v) is 5.47. The Morgan fingerprint density at radius 3 is 2.68 bits per heavy atom. The van der Waals surface area contributed by atoms with Gasteiger partial charge in [-0.25, -0.2) is 0 Å². The van der Waals surface area contributed by atoms with Crippen molar-refractivity contribution in [3.8, 4) is 0 Å². The minimum Gasteiger partial charge on any atom is -0.398 e. The molecule has 0 aliphatic heterocycles. The summed E-state index contributed by atoms with van der Waals surface area (Å²) in [5, 5.41) is 11.6. The number of benzene rings is 2. The van der Waals surface area contributed by atoms with Gasteiger partial charge in [0.15, 0.2) is 0 Å². The summed E-state index contributed by atoms with van der Waals surface area (Å²) in [6.07, 6.45) is 2.97. The number of pyridine rings is 1. The van der Waals surface area contributed by atoms with Gasteiger partial charge in [0.2, 0.25) is 0 Å². The Balaban J connectivity index is 2.03. The van der Waals surface area contributed by atoms with Gasteiger partial charge in [-0.05, 0) is 42.5 Å². The van der Waals surface area contributed by atoms with E-state index in [2.05, 4.69) is 10.3 Å². The van der Waals surface area contributed by atoms with Crippen LogP contribution in [-0.2, 0) is 10.8 Å². The van der Waals surface area contributed by atoms with Gasteiger partial charge in [0, 0.05) is 50.6 Å². The van der Waals surface area contributed by atoms with Crippen LogP contribution < -0.4 is 11.1 Å². The lowest BCUT2D eigenvalue weighted by Crippen LogP contribution is -2.05. The molecule has 5 nitrogen and oxygen atoms in total. The molecule has 3 aromatic rings. The molecule has 0 saturated carbocycles. The summed E-state index contributed by atoms with van der Waals surface area (Å²) in [4.78, 5) is 5.17. The van der Waals surface area contributed by atoms with Gasteiger partial charge >= 0.3 is 0 Å². The Kier molecular flexibility index (Phi) is 4.81. The quantitative estimate of drug-likeness (QED) is 0.477. The summed E-state index contributed by atoms with van der Waals surface area (Å²) >= 11 is 0. The smallest absolute Gasteiger partial charge is 0.0723 e. The van der Waals surface area contributed by atoms with Crippen LogP contribution in [0.25, 0.3) is 10.9 Å². The van der Waals surface area contributed by atoms with Crippen LogP contribution in [0.2, 0.25) is 0 Å². The maximum absolute atomic E-state index is 12.4. The summed E-state index contributed by atoms with van der Waals surface area (Å²) in [5.74, 6) is 0. The number of rotatable bonds is 5. The Bertz CT molecular complexity index is 969. The highest BCUT2D eigenvalue weighted by Gasteiger charge is 2.11. The molecule has 1 aromatic heterocycles. The second kappa shape index (κ2) is 7.03. The number of nitrogens with two attached hydrogens (primary N) is 1. The zero-order valence-corrected chi connectivity index (χ0v) is 14.9. The predicted molar refractivity (Wildman–Crippen MR) is 105 cm³/mol. The molecule has 3 rings (SSSR count). The molecule has 0 radical (unpaired) electrons. The zero-order valence-electron chi connectivity index (χ0n) is 14.1. The van der Waals surface area contributed by atoms with Crippen LogP contribution in [0.15, 0.2) is 53.6 Å². The van der Waals surface area contributed by atoms with Gasteiger partial charge in [-0.2, -0.15) is 0 Å². The van der Waals surface area contributed by atoms with E-state index in [-0.39, 0.29) is 5.25 Å². The summed E-state index contributed by atoms with van der Waals surface area (Å²) in [6.45, 7) is 3.88. The van der Waals surface area contributed by atoms with E-state index in [1.165, 1.54) is 6.21 Å². The van der Waals surface area contributed by atoms with E-state index in [1.807, 2.05) is 44.2 Å². The largest absolute Gasteiger partial charge is 0.398 e. The summed E-state index contributed by atoms with van der Waals surface area (Å²) < 4.78 is 12.4. The number of nitrogen functional groups attached to an aromatic ring is 1. The van der Waals surface area contributed by atoms with Crippen LogP contribution in [0.1, 0.15) is 19.4 Å². The second-order valence-electron chi connectivity index (χ2n) is 6.00. The third-order valence-electron chi connectivity index (χ3n) is 3.89. The molecule has 2 aromatic carbocycles. The molecule has 6 heteroatoms. The standard InChI is InChI=1S/C19H20N4OS/c1-12(2)25(24)15-5-6-18-16(10-15)19(7-8-22-18)23-14-4-3-13(11-20)17(21)9-14/h3-12,20H,21H2,1-2H3,(H,22,23). The van der Waals surface area contributed by atoms with Gasteiger partial charge in [-0.15, -0.1) is 0 Å². The van der Waals surface area contributed by atoms with Crippen molar-refractivity contribution in [3.05, 3.63) is 54.2 Å². The Labute approximate surface area is 149 Å². The lowest BCUT2D eigenvalue weighted by molar-refractivity contribution is 0.677. The molecule has 0 saturated heterocycles. The minimum atomic E-state index is -1.05. The first-order chi connectivity index (χ1) is 12.0. The van der Waals surface area contributed by atoms with E-state index in [0.717, 1.165) is 27.2 Å². The summed E-state index contributed by atoms with van der Waals surface area (Å²) in [5.41, 5.74) is 9.70. The molecule has 0 fully saturated rings. The van der Waals surface area contributed by atoms with Crippen molar-refractivity contribution in [1.29, 1.82) is 5.41 Å². The van der Waals surface area contributed by atoms with Crippen LogP contribution in [0.4, 0.5) is 17.1 Å². The molecule has 128 valence electrons. The minimum absolute atomic E-state index is 0.0546. The first-order valence-corrected chi connectivity index (χ1v) is 9.17. The van der Waals surface area contributed by atoms with Gasteiger partial charge < -0.3 is 16.5 Å². The SMILES string of the molecule is CC(C)S(=O)c1ccc2nccc(Nc3ccc(C=N)c(N)c3)c2c1. The first-order valence-electron chi connectivity index (χ1n) is 7.96. The fourth-order valence-corrected chi connectivity index (χ4v) is 3.55. The number of nitrogens with zero attached hydrogens (tertiary/aromatic N) is 1. The molecule has 0 aliphatic rings. The molecular formula is C19H20N4OS. The van der Waals surface area contributed by atoms with Crippen LogP contribution >= 0.6 is 0 Å². The van der Waals surface area contributed by atoms with Crippen LogP contribution in [-0.4, -0.2) is 20.7 Å². The number of hydrogen-bond acceptors (Lipinski definition) is 5. The molecule has 1 heterocycles. The number of nitrogens with one attached hydrogen (secondary N) is 2. The van der Waals surface area contributed by atoms with Crippen molar-refractivity contribution in [1.82, 2.24) is 4.98 Å². The van der Waals surface area contributed by atoms with E-state index in [0.29, 0.717) is 11.3 Å². The van der Waals surface area contributed by atoms with Crippen LogP contribution in [0.3, 0.4) is 0 Å². The van der Waals surface area contributed by atoms with Crippen molar-refractivity contribution in [2.75, 3.05) is 11.1 Å². The molecular weight excluding hydrogens is 332 g/mol. The molecule has 4 N–H and O–H groups in total. The maximum Gasteiger partial charge on any atom is 0.0723 e. The van der Waals surface area contributed by atoms with Crippen molar-refractivity contribution >= 4 is 45.0 Å². The van der Waals surface area contributed by atoms with E-state index < -0.39 is 10.8 Å². The summed E-state index contributed by atoms with van der Waals surface area (Å²) in [6, 6.07) is 13.0. The van der Waals surface area contributed by atoms with Crippen LogP contribution in [0.5, 0.6) is 0 Å². The van der Waals surface area contributed by atoms with Gasteiger partial charge in [0.1, 0.15) is 0 Å². The van der Waals surface area contributed by atoms with E-state index in [9.17, 15) is 4.21 Å². The lowest BCUT2D eigenvalue weighted by atomic mass is 10.1.